The Bertz CT molecular complexity index is 449. The van der Waals surface area contributed by atoms with E-state index in [4.69, 9.17) is 16.3 Å². The normalized spacial score (nSPS) is 9.72. The summed E-state index contributed by atoms with van der Waals surface area (Å²) >= 11 is 5.42. The molecule has 0 saturated heterocycles. The van der Waals surface area contributed by atoms with Gasteiger partial charge in [-0.15, -0.1) is 11.6 Å². The molecular formula is C12H15ClN2O3. The molecule has 6 heteroatoms. The van der Waals surface area contributed by atoms with E-state index in [-0.39, 0.29) is 11.8 Å². The first-order chi connectivity index (χ1) is 8.58. The van der Waals surface area contributed by atoms with Crippen LogP contribution in [0.1, 0.15) is 12.5 Å². The van der Waals surface area contributed by atoms with Gasteiger partial charge in [0.1, 0.15) is 5.88 Å². The number of ether oxygens (including phenoxy) is 1. The Morgan fingerprint density at radius 2 is 1.89 bits per heavy atom. The lowest BCUT2D eigenvalue weighted by molar-refractivity contribution is -0.113. The maximum atomic E-state index is 11.3. The molecule has 98 valence electrons. The molecule has 0 fully saturated rings. The van der Waals surface area contributed by atoms with E-state index in [0.717, 1.165) is 5.56 Å². The van der Waals surface area contributed by atoms with Gasteiger partial charge in [0.2, 0.25) is 5.91 Å². The van der Waals surface area contributed by atoms with E-state index < -0.39 is 6.09 Å². The third kappa shape index (κ3) is 3.92. The van der Waals surface area contributed by atoms with Crippen LogP contribution in [0.4, 0.5) is 16.2 Å². The summed E-state index contributed by atoms with van der Waals surface area (Å²) in [4.78, 5) is 22.5. The van der Waals surface area contributed by atoms with E-state index in [1.165, 1.54) is 0 Å². The van der Waals surface area contributed by atoms with E-state index in [1.807, 2.05) is 0 Å². The molecule has 0 aliphatic carbocycles. The van der Waals surface area contributed by atoms with E-state index in [1.54, 1.807) is 32.0 Å². The molecule has 0 spiro atoms. The van der Waals surface area contributed by atoms with Gasteiger partial charge < -0.3 is 10.1 Å². The van der Waals surface area contributed by atoms with Crippen LogP contribution in [-0.2, 0) is 9.53 Å². The summed E-state index contributed by atoms with van der Waals surface area (Å²) in [6, 6.07) is 5.18. The Labute approximate surface area is 110 Å². The van der Waals surface area contributed by atoms with Crippen LogP contribution in [0.3, 0.4) is 0 Å². The van der Waals surface area contributed by atoms with Gasteiger partial charge in [-0.2, -0.15) is 0 Å². The van der Waals surface area contributed by atoms with Crippen molar-refractivity contribution < 1.29 is 14.3 Å². The fourth-order valence-corrected chi connectivity index (χ4v) is 1.43. The summed E-state index contributed by atoms with van der Waals surface area (Å²) in [7, 11) is 0. The van der Waals surface area contributed by atoms with Crippen molar-refractivity contribution in [1.29, 1.82) is 0 Å². The molecule has 2 N–H and O–H groups in total. The highest BCUT2D eigenvalue weighted by Crippen LogP contribution is 2.23. The van der Waals surface area contributed by atoms with Gasteiger partial charge in [-0.1, -0.05) is 6.07 Å². The monoisotopic (exact) mass is 270 g/mol. The van der Waals surface area contributed by atoms with E-state index in [9.17, 15) is 9.59 Å². The van der Waals surface area contributed by atoms with Gasteiger partial charge in [0, 0.05) is 11.4 Å². The Morgan fingerprint density at radius 3 is 2.44 bits per heavy atom. The summed E-state index contributed by atoms with van der Waals surface area (Å²) in [5, 5.41) is 5.24. The van der Waals surface area contributed by atoms with Crippen LogP contribution < -0.4 is 10.6 Å². The fraction of sp³-hybridized carbons (Fsp3) is 0.333. The zero-order chi connectivity index (χ0) is 13.5. The summed E-state index contributed by atoms with van der Waals surface area (Å²) in [5.41, 5.74) is 1.93. The fourth-order valence-electron chi connectivity index (χ4n) is 1.37. The molecule has 1 aromatic rings. The van der Waals surface area contributed by atoms with Crippen LogP contribution in [0.5, 0.6) is 0 Å². The minimum Gasteiger partial charge on any atom is -0.450 e. The van der Waals surface area contributed by atoms with Crippen molar-refractivity contribution in [2.75, 3.05) is 23.1 Å². The van der Waals surface area contributed by atoms with E-state index in [0.29, 0.717) is 18.0 Å². The number of amides is 2. The van der Waals surface area contributed by atoms with Crippen LogP contribution in [0, 0.1) is 6.92 Å². The number of benzene rings is 1. The minimum absolute atomic E-state index is 0.116. The van der Waals surface area contributed by atoms with Crippen LogP contribution in [0.2, 0.25) is 0 Å². The zero-order valence-electron chi connectivity index (χ0n) is 10.2. The quantitative estimate of drug-likeness (QED) is 0.827. The molecule has 0 aromatic heterocycles. The Hall–Kier alpha value is -1.75. The van der Waals surface area contributed by atoms with Gasteiger partial charge in [-0.05, 0) is 31.5 Å². The zero-order valence-corrected chi connectivity index (χ0v) is 11.0. The largest absolute Gasteiger partial charge is 0.450 e. The second kappa shape index (κ2) is 6.86. The molecule has 0 aliphatic heterocycles. The molecule has 0 saturated carbocycles. The first-order valence-corrected chi connectivity index (χ1v) is 6.01. The molecule has 0 atom stereocenters. The summed E-state index contributed by atoms with van der Waals surface area (Å²) in [6.45, 7) is 3.81. The smallest absolute Gasteiger partial charge is 0.411 e. The van der Waals surface area contributed by atoms with Gasteiger partial charge in [-0.25, -0.2) is 4.79 Å². The number of anilines is 2. The Kier molecular flexibility index (Phi) is 5.45. The average Bonchev–Trinajstić information content (AvgIpc) is 2.34. The first kappa shape index (κ1) is 14.3. The van der Waals surface area contributed by atoms with Gasteiger partial charge in [0.25, 0.3) is 0 Å². The highest BCUT2D eigenvalue weighted by Gasteiger charge is 2.09. The van der Waals surface area contributed by atoms with Crippen LogP contribution >= 0.6 is 11.6 Å². The molecule has 5 nitrogen and oxygen atoms in total. The SMILES string of the molecule is CCOC(=O)Nc1cccc(NC(=O)CCl)c1C. The van der Waals surface area contributed by atoms with Crippen molar-refractivity contribution in [2.45, 2.75) is 13.8 Å². The summed E-state index contributed by atoms with van der Waals surface area (Å²) in [5.74, 6) is -0.414. The molecule has 0 bridgehead atoms. The molecule has 18 heavy (non-hydrogen) atoms. The number of halogens is 1. The van der Waals surface area contributed by atoms with Gasteiger partial charge in [0.15, 0.2) is 0 Å². The first-order valence-electron chi connectivity index (χ1n) is 5.47. The topological polar surface area (TPSA) is 67.4 Å². The minimum atomic E-state index is -0.526. The molecule has 2 amide bonds. The predicted octanol–water partition coefficient (Wildman–Crippen LogP) is 2.74. The van der Waals surface area contributed by atoms with Crippen molar-refractivity contribution in [3.63, 3.8) is 0 Å². The number of carbonyl (C=O) groups excluding carboxylic acids is 2. The maximum Gasteiger partial charge on any atom is 0.411 e. The van der Waals surface area contributed by atoms with Crippen molar-refractivity contribution in [1.82, 2.24) is 0 Å². The number of rotatable bonds is 4. The predicted molar refractivity (Wildman–Crippen MR) is 71.2 cm³/mol. The number of carbonyl (C=O) groups is 2. The molecule has 0 heterocycles. The lowest BCUT2D eigenvalue weighted by Gasteiger charge is -2.12. The van der Waals surface area contributed by atoms with Crippen molar-refractivity contribution in [2.24, 2.45) is 0 Å². The van der Waals surface area contributed by atoms with Crippen molar-refractivity contribution >= 4 is 35.0 Å². The number of alkyl halides is 1. The lowest BCUT2D eigenvalue weighted by atomic mass is 10.1. The lowest BCUT2D eigenvalue weighted by Crippen LogP contribution is -2.16. The summed E-state index contributed by atoms with van der Waals surface area (Å²) < 4.78 is 4.78. The van der Waals surface area contributed by atoms with Crippen molar-refractivity contribution in [3.05, 3.63) is 23.8 Å². The van der Waals surface area contributed by atoms with Crippen LogP contribution in [0.15, 0.2) is 18.2 Å². The average molecular weight is 271 g/mol. The van der Waals surface area contributed by atoms with Crippen molar-refractivity contribution in [3.8, 4) is 0 Å². The number of hydrogen-bond donors (Lipinski definition) is 2. The van der Waals surface area contributed by atoms with E-state index >= 15 is 0 Å². The molecular weight excluding hydrogens is 256 g/mol. The van der Waals surface area contributed by atoms with Crippen LogP contribution in [-0.4, -0.2) is 24.5 Å². The molecule has 1 aromatic carbocycles. The standard InChI is InChI=1S/C12H15ClN2O3/c1-3-18-12(17)15-10-6-4-5-9(8(10)2)14-11(16)7-13/h4-6H,3,7H2,1-2H3,(H,14,16)(H,15,17). The summed E-state index contributed by atoms with van der Waals surface area (Å²) in [6.07, 6.45) is -0.526. The third-order valence-electron chi connectivity index (χ3n) is 2.24. The van der Waals surface area contributed by atoms with Crippen LogP contribution in [0.25, 0.3) is 0 Å². The molecule has 0 radical (unpaired) electrons. The second-order valence-corrected chi connectivity index (χ2v) is 3.77. The second-order valence-electron chi connectivity index (χ2n) is 3.51. The van der Waals surface area contributed by atoms with Gasteiger partial charge >= 0.3 is 6.09 Å². The molecule has 0 aliphatic rings. The highest BCUT2D eigenvalue weighted by atomic mass is 35.5. The highest BCUT2D eigenvalue weighted by molar-refractivity contribution is 6.29. The maximum absolute atomic E-state index is 11.3. The number of hydrogen-bond acceptors (Lipinski definition) is 3. The third-order valence-corrected chi connectivity index (χ3v) is 2.48. The van der Waals surface area contributed by atoms with E-state index in [2.05, 4.69) is 10.6 Å². The molecule has 1 rings (SSSR count). The Balaban J connectivity index is 2.84. The number of nitrogens with one attached hydrogen (secondary N) is 2. The molecule has 0 unspecified atom stereocenters. The van der Waals surface area contributed by atoms with Gasteiger partial charge in [0.05, 0.1) is 6.61 Å². The van der Waals surface area contributed by atoms with Gasteiger partial charge in [-0.3, -0.25) is 10.1 Å². The Morgan fingerprint density at radius 1 is 1.28 bits per heavy atom.